The van der Waals surface area contributed by atoms with Gasteiger partial charge in [-0.2, -0.15) is 0 Å². The lowest BCUT2D eigenvalue weighted by Gasteiger charge is -2.14. The average molecular weight is 202 g/mol. The van der Waals surface area contributed by atoms with Crippen LogP contribution in [0, 0.1) is 11.8 Å². The molecule has 0 amide bonds. The highest BCUT2D eigenvalue weighted by atomic mass is 16.5. The summed E-state index contributed by atoms with van der Waals surface area (Å²) in [6.45, 7) is 4.03. The number of carbonyl (C=O) groups excluding carboxylic acids is 1. The molecule has 1 saturated carbocycles. The second-order valence-electron chi connectivity index (χ2n) is 3.92. The highest BCUT2D eigenvalue weighted by molar-refractivity contribution is 5.73. The van der Waals surface area contributed by atoms with Crippen molar-refractivity contribution in [3.63, 3.8) is 0 Å². The molecule has 1 rings (SSSR count). The second kappa shape index (κ2) is 4.28. The van der Waals surface area contributed by atoms with Crippen molar-refractivity contribution in [2.75, 3.05) is 6.61 Å². The molecular formula is C10H18O4. The van der Waals surface area contributed by atoms with Crippen molar-refractivity contribution < 1.29 is 19.7 Å². The number of esters is 1. The minimum Gasteiger partial charge on any atom is -0.466 e. The highest BCUT2D eigenvalue weighted by Gasteiger charge is 2.45. The summed E-state index contributed by atoms with van der Waals surface area (Å²) in [6.07, 6.45) is 1.14. The fourth-order valence-corrected chi connectivity index (χ4v) is 2.12. The van der Waals surface area contributed by atoms with Gasteiger partial charge in [-0.15, -0.1) is 0 Å². The average Bonchev–Trinajstić information content (AvgIpc) is 2.41. The van der Waals surface area contributed by atoms with Crippen LogP contribution in [-0.4, -0.2) is 28.6 Å². The minimum absolute atomic E-state index is 0.0315. The Hall–Kier alpha value is -0.610. The number of hydrogen-bond acceptors (Lipinski definition) is 4. The summed E-state index contributed by atoms with van der Waals surface area (Å²) < 4.78 is 4.89. The number of carbonyl (C=O) groups is 1. The molecular weight excluding hydrogens is 184 g/mol. The summed E-state index contributed by atoms with van der Waals surface area (Å²) >= 11 is 0. The molecule has 2 unspecified atom stereocenters. The summed E-state index contributed by atoms with van der Waals surface area (Å²) in [5, 5.41) is 18.9. The highest BCUT2D eigenvalue weighted by Crippen LogP contribution is 2.40. The lowest BCUT2D eigenvalue weighted by molar-refractivity contribution is -0.164. The zero-order valence-corrected chi connectivity index (χ0v) is 8.69. The number of hydrogen-bond donors (Lipinski definition) is 2. The first-order chi connectivity index (χ1) is 6.50. The van der Waals surface area contributed by atoms with Crippen LogP contribution < -0.4 is 0 Å². The van der Waals surface area contributed by atoms with Gasteiger partial charge in [-0.3, -0.25) is 4.79 Å². The fraction of sp³-hybridized carbons (Fsp3) is 0.900. The number of ether oxygens (including phenoxy) is 1. The van der Waals surface area contributed by atoms with Crippen molar-refractivity contribution in [3.05, 3.63) is 0 Å². The zero-order chi connectivity index (χ0) is 10.8. The molecule has 2 atom stereocenters. The van der Waals surface area contributed by atoms with E-state index in [-0.39, 0.29) is 30.6 Å². The maximum Gasteiger partial charge on any atom is 0.309 e. The van der Waals surface area contributed by atoms with Crippen LogP contribution in [0.5, 0.6) is 0 Å². The van der Waals surface area contributed by atoms with Crippen LogP contribution in [0.25, 0.3) is 0 Å². The standard InChI is InChI=1S/C10H18O4/c1-3-7-5-10(12,13)6-8(7)9(11)14-4-2/h7-8,12-13H,3-6H2,1-2H3. The van der Waals surface area contributed by atoms with E-state index in [0.29, 0.717) is 6.61 Å². The van der Waals surface area contributed by atoms with Crippen LogP contribution in [0.1, 0.15) is 33.1 Å². The Morgan fingerprint density at radius 2 is 2.07 bits per heavy atom. The van der Waals surface area contributed by atoms with Crippen LogP contribution in [0.2, 0.25) is 0 Å². The first-order valence-corrected chi connectivity index (χ1v) is 5.11. The van der Waals surface area contributed by atoms with Gasteiger partial charge in [0.2, 0.25) is 0 Å². The van der Waals surface area contributed by atoms with E-state index < -0.39 is 5.79 Å². The van der Waals surface area contributed by atoms with Gasteiger partial charge in [-0.05, 0) is 12.8 Å². The molecule has 4 heteroatoms. The van der Waals surface area contributed by atoms with Gasteiger partial charge in [0.25, 0.3) is 0 Å². The smallest absolute Gasteiger partial charge is 0.309 e. The predicted molar refractivity (Wildman–Crippen MR) is 50.3 cm³/mol. The number of rotatable bonds is 3. The first-order valence-electron chi connectivity index (χ1n) is 5.11. The molecule has 0 aromatic rings. The Labute approximate surface area is 83.9 Å². The maximum absolute atomic E-state index is 11.5. The third kappa shape index (κ3) is 2.45. The molecule has 1 aliphatic carbocycles. The normalized spacial score (nSPS) is 30.3. The second-order valence-corrected chi connectivity index (χ2v) is 3.92. The molecule has 0 aromatic carbocycles. The van der Waals surface area contributed by atoms with E-state index >= 15 is 0 Å². The summed E-state index contributed by atoms with van der Waals surface area (Å²) in [4.78, 5) is 11.5. The Morgan fingerprint density at radius 1 is 1.43 bits per heavy atom. The van der Waals surface area contributed by atoms with Crippen molar-refractivity contribution in [1.82, 2.24) is 0 Å². The number of aliphatic hydroxyl groups is 2. The minimum atomic E-state index is -1.68. The van der Waals surface area contributed by atoms with Crippen LogP contribution in [0.4, 0.5) is 0 Å². The van der Waals surface area contributed by atoms with Crippen molar-refractivity contribution in [1.29, 1.82) is 0 Å². The topological polar surface area (TPSA) is 66.8 Å². The summed E-state index contributed by atoms with van der Waals surface area (Å²) in [6, 6.07) is 0. The molecule has 82 valence electrons. The van der Waals surface area contributed by atoms with Crippen molar-refractivity contribution >= 4 is 5.97 Å². The molecule has 1 fully saturated rings. The van der Waals surface area contributed by atoms with Crippen molar-refractivity contribution in [3.8, 4) is 0 Å². The van der Waals surface area contributed by atoms with Gasteiger partial charge in [-0.25, -0.2) is 0 Å². The van der Waals surface area contributed by atoms with Crippen molar-refractivity contribution in [2.45, 2.75) is 38.9 Å². The molecule has 0 aromatic heterocycles. The molecule has 0 radical (unpaired) electrons. The van der Waals surface area contributed by atoms with E-state index in [1.165, 1.54) is 0 Å². The van der Waals surface area contributed by atoms with E-state index in [9.17, 15) is 15.0 Å². The molecule has 1 aliphatic rings. The van der Waals surface area contributed by atoms with Crippen LogP contribution in [-0.2, 0) is 9.53 Å². The van der Waals surface area contributed by atoms with Gasteiger partial charge in [0.05, 0.1) is 12.5 Å². The van der Waals surface area contributed by atoms with E-state index in [1.54, 1.807) is 6.92 Å². The Balaban J connectivity index is 2.63. The molecule has 0 heterocycles. The Bertz CT molecular complexity index is 212. The van der Waals surface area contributed by atoms with Gasteiger partial charge in [0.15, 0.2) is 5.79 Å². The van der Waals surface area contributed by atoms with E-state index in [0.717, 1.165) is 6.42 Å². The predicted octanol–water partition coefficient (Wildman–Crippen LogP) is 0.667. The molecule has 4 nitrogen and oxygen atoms in total. The maximum atomic E-state index is 11.5. The molecule has 0 spiro atoms. The van der Waals surface area contributed by atoms with Crippen LogP contribution in [0.15, 0.2) is 0 Å². The SMILES string of the molecule is CCOC(=O)C1CC(O)(O)CC1CC. The van der Waals surface area contributed by atoms with Gasteiger partial charge in [0.1, 0.15) is 0 Å². The Kier molecular flexibility index (Phi) is 3.50. The summed E-state index contributed by atoms with van der Waals surface area (Å²) in [5.41, 5.74) is 0. The van der Waals surface area contributed by atoms with Crippen molar-refractivity contribution in [2.24, 2.45) is 11.8 Å². The fourth-order valence-electron chi connectivity index (χ4n) is 2.12. The van der Waals surface area contributed by atoms with E-state index in [2.05, 4.69) is 0 Å². The summed E-state index contributed by atoms with van der Waals surface area (Å²) in [7, 11) is 0. The third-order valence-electron chi connectivity index (χ3n) is 2.82. The molecule has 0 saturated heterocycles. The monoisotopic (exact) mass is 202 g/mol. The van der Waals surface area contributed by atoms with Crippen LogP contribution >= 0.6 is 0 Å². The lowest BCUT2D eigenvalue weighted by atomic mass is 9.94. The molecule has 2 N–H and O–H groups in total. The van der Waals surface area contributed by atoms with E-state index in [1.807, 2.05) is 6.92 Å². The third-order valence-corrected chi connectivity index (χ3v) is 2.82. The largest absolute Gasteiger partial charge is 0.466 e. The lowest BCUT2D eigenvalue weighted by Crippen LogP contribution is -2.25. The van der Waals surface area contributed by atoms with Gasteiger partial charge < -0.3 is 14.9 Å². The molecule has 0 bridgehead atoms. The molecule has 14 heavy (non-hydrogen) atoms. The van der Waals surface area contributed by atoms with Crippen LogP contribution in [0.3, 0.4) is 0 Å². The van der Waals surface area contributed by atoms with Gasteiger partial charge in [-0.1, -0.05) is 13.3 Å². The zero-order valence-electron chi connectivity index (χ0n) is 8.69. The van der Waals surface area contributed by atoms with Gasteiger partial charge >= 0.3 is 5.97 Å². The Morgan fingerprint density at radius 3 is 2.57 bits per heavy atom. The van der Waals surface area contributed by atoms with E-state index in [4.69, 9.17) is 4.74 Å². The first kappa shape index (κ1) is 11.5. The van der Waals surface area contributed by atoms with Gasteiger partial charge in [0, 0.05) is 12.8 Å². The molecule has 0 aliphatic heterocycles. The summed E-state index contributed by atoms with van der Waals surface area (Å²) in [5.74, 6) is -2.30. The quantitative estimate of drug-likeness (QED) is 0.521.